The molecule has 1 aliphatic rings. The van der Waals surface area contributed by atoms with Gasteiger partial charge in [-0.2, -0.15) is 0 Å². The predicted molar refractivity (Wildman–Crippen MR) is 100 cm³/mol. The van der Waals surface area contributed by atoms with Gasteiger partial charge in [-0.25, -0.2) is 4.79 Å². The zero-order valence-electron chi connectivity index (χ0n) is 14.9. The van der Waals surface area contributed by atoms with E-state index in [1.54, 1.807) is 18.2 Å². The van der Waals surface area contributed by atoms with Crippen molar-refractivity contribution >= 4 is 35.1 Å². The molecule has 0 atom stereocenters. The molecule has 0 saturated heterocycles. The summed E-state index contributed by atoms with van der Waals surface area (Å²) in [4.78, 5) is 24.3. The summed E-state index contributed by atoms with van der Waals surface area (Å²) < 4.78 is 0. The second-order valence-corrected chi connectivity index (χ2v) is 8.83. The van der Waals surface area contributed by atoms with Gasteiger partial charge in [0.1, 0.15) is 5.54 Å². The third-order valence-electron chi connectivity index (χ3n) is 5.22. The van der Waals surface area contributed by atoms with E-state index >= 15 is 0 Å². The molecule has 1 amide bonds. The van der Waals surface area contributed by atoms with Gasteiger partial charge in [0, 0.05) is 10.0 Å². The van der Waals surface area contributed by atoms with E-state index in [2.05, 4.69) is 26.1 Å². The Labute approximate surface area is 158 Å². The molecule has 2 rings (SSSR count). The number of nitrogens with one attached hydrogen (secondary N) is 1. The average Bonchev–Trinajstić information content (AvgIpc) is 2.49. The first kappa shape index (κ1) is 20.1. The fourth-order valence-corrected chi connectivity index (χ4v) is 3.99. The summed E-state index contributed by atoms with van der Waals surface area (Å²) in [5.74, 6) is -0.834. The Balaban J connectivity index is 2.07. The Hall–Kier alpha value is -1.26. The van der Waals surface area contributed by atoms with Crippen molar-refractivity contribution in [3.8, 4) is 0 Å². The molecule has 2 N–H and O–H groups in total. The lowest BCUT2D eigenvalue weighted by Crippen LogP contribution is -2.57. The standard InChI is InChI=1S/C19H25Cl2NO3/c1-18(2,3)13-6-8-19(9-7-13,17(24)25)22-16(23)10-12-4-5-14(20)11-15(12)21/h4-5,11,13H,6-10H2,1-3H3,(H,22,23)(H,24,25). The molecule has 1 saturated carbocycles. The lowest BCUT2D eigenvalue weighted by molar-refractivity contribution is -0.150. The molecule has 0 radical (unpaired) electrons. The molecular formula is C19H25Cl2NO3. The van der Waals surface area contributed by atoms with E-state index < -0.39 is 11.5 Å². The van der Waals surface area contributed by atoms with Crippen molar-refractivity contribution < 1.29 is 14.7 Å². The molecule has 25 heavy (non-hydrogen) atoms. The van der Waals surface area contributed by atoms with Crippen molar-refractivity contribution in [1.82, 2.24) is 5.32 Å². The van der Waals surface area contributed by atoms with Gasteiger partial charge in [-0.1, -0.05) is 50.0 Å². The van der Waals surface area contributed by atoms with Crippen LogP contribution in [0.15, 0.2) is 18.2 Å². The summed E-state index contributed by atoms with van der Waals surface area (Å²) in [6.07, 6.45) is 2.51. The van der Waals surface area contributed by atoms with Crippen LogP contribution in [0.25, 0.3) is 0 Å². The van der Waals surface area contributed by atoms with Gasteiger partial charge in [0.15, 0.2) is 0 Å². The van der Waals surface area contributed by atoms with Gasteiger partial charge in [-0.15, -0.1) is 0 Å². The SMILES string of the molecule is CC(C)(C)C1CCC(NC(=O)Cc2ccc(Cl)cc2Cl)(C(=O)O)CC1. The van der Waals surface area contributed by atoms with Crippen molar-refractivity contribution in [2.75, 3.05) is 0 Å². The highest BCUT2D eigenvalue weighted by Gasteiger charge is 2.45. The highest BCUT2D eigenvalue weighted by Crippen LogP contribution is 2.41. The lowest BCUT2D eigenvalue weighted by Gasteiger charge is -2.42. The van der Waals surface area contributed by atoms with Crippen LogP contribution < -0.4 is 5.32 Å². The molecule has 4 nitrogen and oxygen atoms in total. The maximum Gasteiger partial charge on any atom is 0.329 e. The van der Waals surface area contributed by atoms with Gasteiger partial charge >= 0.3 is 5.97 Å². The number of amides is 1. The van der Waals surface area contributed by atoms with Crippen LogP contribution in [-0.4, -0.2) is 22.5 Å². The van der Waals surface area contributed by atoms with E-state index in [1.165, 1.54) is 0 Å². The smallest absolute Gasteiger partial charge is 0.329 e. The second-order valence-electron chi connectivity index (χ2n) is 7.99. The highest BCUT2D eigenvalue weighted by atomic mass is 35.5. The minimum atomic E-state index is -1.18. The summed E-state index contributed by atoms with van der Waals surface area (Å²) in [7, 11) is 0. The molecule has 0 unspecified atom stereocenters. The largest absolute Gasteiger partial charge is 0.480 e. The molecule has 138 valence electrons. The summed E-state index contributed by atoms with van der Waals surface area (Å²) >= 11 is 12.0. The Bertz CT molecular complexity index is 659. The number of halogens is 2. The van der Waals surface area contributed by atoms with Crippen molar-refractivity contribution in [3.63, 3.8) is 0 Å². The normalized spacial score (nSPS) is 24.0. The number of rotatable bonds is 4. The van der Waals surface area contributed by atoms with Gasteiger partial charge in [-0.3, -0.25) is 4.79 Å². The van der Waals surface area contributed by atoms with Gasteiger partial charge < -0.3 is 10.4 Å². The molecule has 1 aliphatic carbocycles. The molecule has 0 spiro atoms. The lowest BCUT2D eigenvalue weighted by atomic mass is 9.67. The van der Waals surface area contributed by atoms with Crippen molar-refractivity contribution in [3.05, 3.63) is 33.8 Å². The van der Waals surface area contributed by atoms with Crippen LogP contribution in [-0.2, 0) is 16.0 Å². The zero-order chi connectivity index (χ0) is 18.8. The van der Waals surface area contributed by atoms with E-state index in [1.807, 2.05) is 0 Å². The van der Waals surface area contributed by atoms with Crippen LogP contribution in [0.1, 0.15) is 52.0 Å². The summed E-state index contributed by atoms with van der Waals surface area (Å²) in [6.45, 7) is 6.52. The number of aliphatic carboxylic acids is 1. The molecule has 1 aromatic carbocycles. The van der Waals surface area contributed by atoms with E-state index in [4.69, 9.17) is 23.2 Å². The Morgan fingerprint density at radius 2 is 1.84 bits per heavy atom. The second kappa shape index (κ2) is 7.55. The minimum absolute atomic E-state index is 0.0354. The maximum atomic E-state index is 12.4. The number of carboxylic acids is 1. The summed E-state index contributed by atoms with van der Waals surface area (Å²) in [6, 6.07) is 4.93. The predicted octanol–water partition coefficient (Wildman–Crippen LogP) is 4.71. The number of carbonyl (C=O) groups excluding carboxylic acids is 1. The van der Waals surface area contributed by atoms with Crippen LogP contribution >= 0.6 is 23.2 Å². The molecular weight excluding hydrogens is 361 g/mol. The molecule has 1 aromatic rings. The fourth-order valence-electron chi connectivity index (χ4n) is 3.52. The van der Waals surface area contributed by atoms with Crippen LogP contribution in [0.4, 0.5) is 0 Å². The van der Waals surface area contributed by atoms with Crippen molar-refractivity contribution in [2.45, 2.75) is 58.4 Å². The number of hydrogen-bond donors (Lipinski definition) is 2. The van der Waals surface area contributed by atoms with Gasteiger partial charge in [0.05, 0.1) is 6.42 Å². The molecule has 0 bridgehead atoms. The molecule has 1 fully saturated rings. The minimum Gasteiger partial charge on any atom is -0.480 e. The topological polar surface area (TPSA) is 66.4 Å². The number of carbonyl (C=O) groups is 2. The van der Waals surface area contributed by atoms with Crippen molar-refractivity contribution in [1.29, 1.82) is 0 Å². The van der Waals surface area contributed by atoms with Crippen LogP contribution in [0.2, 0.25) is 10.0 Å². The Kier molecular flexibility index (Phi) is 6.05. The van der Waals surface area contributed by atoms with Gasteiger partial charge in [0.2, 0.25) is 5.91 Å². The van der Waals surface area contributed by atoms with E-state index in [9.17, 15) is 14.7 Å². The van der Waals surface area contributed by atoms with E-state index in [0.717, 1.165) is 12.8 Å². The van der Waals surface area contributed by atoms with Gasteiger partial charge in [0.25, 0.3) is 0 Å². The first-order valence-electron chi connectivity index (χ1n) is 8.52. The third kappa shape index (κ3) is 4.89. The van der Waals surface area contributed by atoms with E-state index in [0.29, 0.717) is 34.4 Å². The maximum absolute atomic E-state index is 12.4. The monoisotopic (exact) mass is 385 g/mol. The Morgan fingerprint density at radius 3 is 2.32 bits per heavy atom. The number of hydrogen-bond acceptors (Lipinski definition) is 2. The summed E-state index contributed by atoms with van der Waals surface area (Å²) in [5.41, 5.74) is -0.407. The molecule has 0 heterocycles. The first-order valence-corrected chi connectivity index (χ1v) is 9.27. The molecule has 0 aliphatic heterocycles. The molecule has 6 heteroatoms. The fraction of sp³-hybridized carbons (Fsp3) is 0.579. The first-order chi connectivity index (χ1) is 11.5. The summed E-state index contributed by atoms with van der Waals surface area (Å²) in [5, 5.41) is 13.4. The number of benzene rings is 1. The van der Waals surface area contributed by atoms with Crippen LogP contribution in [0.3, 0.4) is 0 Å². The van der Waals surface area contributed by atoms with Gasteiger partial charge in [-0.05, 0) is 54.7 Å². The average molecular weight is 386 g/mol. The quantitative estimate of drug-likeness (QED) is 0.788. The highest BCUT2D eigenvalue weighted by molar-refractivity contribution is 6.35. The Morgan fingerprint density at radius 1 is 1.24 bits per heavy atom. The van der Waals surface area contributed by atoms with E-state index in [-0.39, 0.29) is 17.7 Å². The van der Waals surface area contributed by atoms with Crippen LogP contribution in [0, 0.1) is 11.3 Å². The van der Waals surface area contributed by atoms with Crippen LogP contribution in [0.5, 0.6) is 0 Å². The molecule has 0 aromatic heterocycles. The number of carboxylic acid groups (broad SMARTS) is 1. The third-order valence-corrected chi connectivity index (χ3v) is 5.81. The van der Waals surface area contributed by atoms with Crippen molar-refractivity contribution in [2.24, 2.45) is 11.3 Å². The zero-order valence-corrected chi connectivity index (χ0v) is 16.4.